The third-order valence-electron chi connectivity index (χ3n) is 4.45. The summed E-state index contributed by atoms with van der Waals surface area (Å²) in [5.41, 5.74) is 2.01. The molecule has 0 unspecified atom stereocenters. The Hall–Kier alpha value is -2.80. The van der Waals surface area contributed by atoms with E-state index in [0.717, 1.165) is 5.75 Å². The summed E-state index contributed by atoms with van der Waals surface area (Å²) in [7, 11) is 3.13. The highest BCUT2D eigenvalue weighted by Gasteiger charge is 2.13. The van der Waals surface area contributed by atoms with Crippen molar-refractivity contribution in [1.82, 2.24) is 5.32 Å². The number of ether oxygens (including phenoxy) is 3. The van der Waals surface area contributed by atoms with E-state index in [-0.39, 0.29) is 16.4 Å². The van der Waals surface area contributed by atoms with Crippen molar-refractivity contribution in [2.45, 2.75) is 39.0 Å². The Morgan fingerprint density at radius 3 is 2.27 bits per heavy atom. The maximum absolute atomic E-state index is 12.1. The van der Waals surface area contributed by atoms with Crippen LogP contribution in [0.1, 0.15) is 39.2 Å². The van der Waals surface area contributed by atoms with Crippen LogP contribution < -0.4 is 24.8 Å². The van der Waals surface area contributed by atoms with Gasteiger partial charge in [-0.25, -0.2) is 0 Å². The fourth-order valence-electron chi connectivity index (χ4n) is 2.72. The molecule has 0 aromatic heterocycles. The minimum atomic E-state index is -0.174. The lowest BCUT2D eigenvalue weighted by molar-refractivity contribution is -0.119. The lowest BCUT2D eigenvalue weighted by atomic mass is 9.87. The Labute approximate surface area is 183 Å². The van der Waals surface area contributed by atoms with Gasteiger partial charge in [-0.05, 0) is 53.9 Å². The molecule has 2 N–H and O–H groups in total. The minimum Gasteiger partial charge on any atom is -0.497 e. The monoisotopic (exact) mass is 430 g/mol. The van der Waals surface area contributed by atoms with Crippen LogP contribution >= 0.6 is 12.2 Å². The van der Waals surface area contributed by atoms with Crippen LogP contribution in [0.25, 0.3) is 0 Å². The molecule has 1 amide bonds. The van der Waals surface area contributed by atoms with Crippen LogP contribution in [0.15, 0.2) is 42.5 Å². The van der Waals surface area contributed by atoms with E-state index in [4.69, 9.17) is 26.4 Å². The Balaban J connectivity index is 1.74. The zero-order chi connectivity index (χ0) is 22.1. The van der Waals surface area contributed by atoms with Crippen molar-refractivity contribution in [2.75, 3.05) is 26.1 Å². The predicted molar refractivity (Wildman–Crippen MR) is 124 cm³/mol. The molecular formula is C23H30N2O4S. The molecule has 2 aromatic rings. The van der Waals surface area contributed by atoms with E-state index >= 15 is 0 Å². The number of rotatable bonds is 8. The molecule has 0 radical (unpaired) electrons. The Morgan fingerprint density at radius 1 is 1.00 bits per heavy atom. The van der Waals surface area contributed by atoms with Gasteiger partial charge in [0, 0.05) is 12.5 Å². The summed E-state index contributed by atoms with van der Waals surface area (Å²) in [5, 5.41) is 5.85. The van der Waals surface area contributed by atoms with E-state index < -0.39 is 0 Å². The van der Waals surface area contributed by atoms with Crippen molar-refractivity contribution in [2.24, 2.45) is 0 Å². The topological polar surface area (TPSA) is 68.8 Å². The van der Waals surface area contributed by atoms with Gasteiger partial charge in [0.1, 0.15) is 17.2 Å². The first-order valence-electron chi connectivity index (χ1n) is 9.79. The van der Waals surface area contributed by atoms with Gasteiger partial charge in [-0.15, -0.1) is 0 Å². The average Bonchev–Trinajstić information content (AvgIpc) is 2.71. The van der Waals surface area contributed by atoms with Gasteiger partial charge in [0.2, 0.25) is 5.91 Å². The maximum atomic E-state index is 12.1. The molecule has 30 heavy (non-hydrogen) atoms. The highest BCUT2D eigenvalue weighted by molar-refractivity contribution is 7.80. The summed E-state index contributed by atoms with van der Waals surface area (Å²) in [6, 6.07) is 13.3. The van der Waals surface area contributed by atoms with Crippen LogP contribution in [0.4, 0.5) is 5.69 Å². The van der Waals surface area contributed by atoms with Crippen LogP contribution in [0.3, 0.4) is 0 Å². The molecule has 7 heteroatoms. The Kier molecular flexibility index (Phi) is 8.47. The summed E-state index contributed by atoms with van der Waals surface area (Å²) in [6.07, 6.45) is 0.892. The van der Waals surface area contributed by atoms with Crippen LogP contribution in [0, 0.1) is 0 Å². The largest absolute Gasteiger partial charge is 0.497 e. The number of hydrogen-bond donors (Lipinski definition) is 2. The van der Waals surface area contributed by atoms with Crippen molar-refractivity contribution >= 4 is 28.9 Å². The number of carbonyl (C=O) groups excluding carboxylic acids is 1. The summed E-state index contributed by atoms with van der Waals surface area (Å²) in [5.74, 6) is 1.86. The number of carbonyl (C=O) groups is 1. The standard InChI is InChI=1S/C23H30N2O4S/c1-23(2,3)16-8-10-17(11-9-16)29-14-6-7-21(26)25-22(30)24-19-13-12-18(27-4)15-20(19)28-5/h8-13,15H,6-7,14H2,1-5H3,(H2,24,25,26,30). The predicted octanol–water partition coefficient (Wildman–Crippen LogP) is 4.67. The second-order valence-corrected chi connectivity index (χ2v) is 8.20. The molecule has 0 aliphatic heterocycles. The molecule has 6 nitrogen and oxygen atoms in total. The lowest BCUT2D eigenvalue weighted by Gasteiger charge is -2.19. The van der Waals surface area contributed by atoms with E-state index in [9.17, 15) is 4.79 Å². The molecule has 162 valence electrons. The molecule has 0 atom stereocenters. The molecule has 2 aromatic carbocycles. The Bertz CT molecular complexity index is 860. The molecule has 0 fully saturated rings. The van der Waals surface area contributed by atoms with E-state index in [2.05, 4.69) is 43.5 Å². The van der Waals surface area contributed by atoms with E-state index in [1.807, 2.05) is 12.1 Å². The van der Waals surface area contributed by atoms with Crippen molar-refractivity contribution in [3.8, 4) is 17.2 Å². The number of anilines is 1. The number of amides is 1. The highest BCUT2D eigenvalue weighted by Crippen LogP contribution is 2.29. The fourth-order valence-corrected chi connectivity index (χ4v) is 2.94. The van der Waals surface area contributed by atoms with Crippen LogP contribution in [0.5, 0.6) is 17.2 Å². The Morgan fingerprint density at radius 2 is 1.67 bits per heavy atom. The van der Waals surface area contributed by atoms with Crippen molar-refractivity contribution in [3.05, 3.63) is 48.0 Å². The SMILES string of the molecule is COc1ccc(NC(=S)NC(=O)CCCOc2ccc(C(C)(C)C)cc2)c(OC)c1. The molecule has 0 bridgehead atoms. The molecule has 2 rings (SSSR count). The maximum Gasteiger partial charge on any atom is 0.226 e. The minimum absolute atomic E-state index is 0.110. The molecule has 0 heterocycles. The van der Waals surface area contributed by atoms with Gasteiger partial charge in [-0.2, -0.15) is 0 Å². The van der Waals surface area contributed by atoms with Gasteiger partial charge < -0.3 is 24.8 Å². The van der Waals surface area contributed by atoms with Crippen molar-refractivity contribution in [3.63, 3.8) is 0 Å². The van der Waals surface area contributed by atoms with Gasteiger partial charge in [0.05, 0.1) is 26.5 Å². The van der Waals surface area contributed by atoms with Gasteiger partial charge in [-0.3, -0.25) is 4.79 Å². The second-order valence-electron chi connectivity index (χ2n) is 7.79. The molecule has 0 saturated carbocycles. The first-order chi connectivity index (χ1) is 14.2. The number of benzene rings is 2. The third kappa shape index (κ3) is 7.22. The van der Waals surface area contributed by atoms with E-state index in [1.165, 1.54) is 5.56 Å². The first-order valence-corrected chi connectivity index (χ1v) is 10.2. The van der Waals surface area contributed by atoms with Crippen LogP contribution in [-0.2, 0) is 10.2 Å². The highest BCUT2D eigenvalue weighted by atomic mass is 32.1. The van der Waals surface area contributed by atoms with Crippen molar-refractivity contribution in [1.29, 1.82) is 0 Å². The first kappa shape index (κ1) is 23.5. The van der Waals surface area contributed by atoms with Crippen LogP contribution in [0.2, 0.25) is 0 Å². The number of thiocarbonyl (C=S) groups is 1. The third-order valence-corrected chi connectivity index (χ3v) is 4.65. The van der Waals surface area contributed by atoms with Gasteiger partial charge >= 0.3 is 0 Å². The van der Waals surface area contributed by atoms with Gasteiger partial charge in [0.15, 0.2) is 5.11 Å². The molecule has 0 spiro atoms. The van der Waals surface area contributed by atoms with E-state index in [0.29, 0.717) is 36.6 Å². The average molecular weight is 431 g/mol. The quantitative estimate of drug-likeness (QED) is 0.468. The van der Waals surface area contributed by atoms with E-state index in [1.54, 1.807) is 32.4 Å². The van der Waals surface area contributed by atoms with Crippen LogP contribution in [-0.4, -0.2) is 31.8 Å². The molecule has 0 aliphatic rings. The number of methoxy groups -OCH3 is 2. The lowest BCUT2D eigenvalue weighted by Crippen LogP contribution is -2.34. The zero-order valence-corrected chi connectivity index (χ0v) is 19.0. The van der Waals surface area contributed by atoms with Gasteiger partial charge in [-0.1, -0.05) is 32.9 Å². The normalized spacial score (nSPS) is 10.8. The summed E-state index contributed by atoms with van der Waals surface area (Å²) in [4.78, 5) is 12.1. The molecular weight excluding hydrogens is 400 g/mol. The second kappa shape index (κ2) is 10.8. The number of nitrogens with one attached hydrogen (secondary N) is 2. The number of hydrogen-bond acceptors (Lipinski definition) is 5. The zero-order valence-electron chi connectivity index (χ0n) is 18.2. The smallest absolute Gasteiger partial charge is 0.226 e. The fraction of sp³-hybridized carbons (Fsp3) is 0.391. The molecule has 0 aliphatic carbocycles. The van der Waals surface area contributed by atoms with Gasteiger partial charge in [0.25, 0.3) is 0 Å². The summed E-state index contributed by atoms with van der Waals surface area (Å²) < 4.78 is 16.2. The molecule has 0 saturated heterocycles. The summed E-state index contributed by atoms with van der Waals surface area (Å²) >= 11 is 5.22. The summed E-state index contributed by atoms with van der Waals surface area (Å²) in [6.45, 7) is 6.97. The van der Waals surface area contributed by atoms with Crippen molar-refractivity contribution < 1.29 is 19.0 Å².